The van der Waals surface area contributed by atoms with E-state index in [9.17, 15) is 13.2 Å². The third-order valence-electron chi connectivity index (χ3n) is 5.56. The molecule has 1 aliphatic rings. The first-order valence-corrected chi connectivity index (χ1v) is 11.9. The van der Waals surface area contributed by atoms with Gasteiger partial charge in [-0.2, -0.15) is 4.31 Å². The highest BCUT2D eigenvalue weighted by molar-refractivity contribution is 7.89. The molecule has 2 heterocycles. The Morgan fingerprint density at radius 1 is 1.13 bits per heavy atom. The Morgan fingerprint density at radius 3 is 2.58 bits per heavy atom. The summed E-state index contributed by atoms with van der Waals surface area (Å²) in [5.74, 6) is 0.0721. The number of nitrogens with one attached hydrogen (secondary N) is 1. The van der Waals surface area contributed by atoms with E-state index in [-0.39, 0.29) is 16.6 Å². The molecule has 4 rings (SSSR count). The van der Waals surface area contributed by atoms with Crippen LogP contribution in [0.15, 0.2) is 70.1 Å². The molecule has 0 saturated carbocycles. The van der Waals surface area contributed by atoms with Crippen molar-refractivity contribution in [3.63, 3.8) is 0 Å². The number of anilines is 1. The molecule has 1 saturated heterocycles. The van der Waals surface area contributed by atoms with Crippen LogP contribution in [0.3, 0.4) is 0 Å². The molecule has 3 aromatic rings. The van der Waals surface area contributed by atoms with Gasteiger partial charge in [-0.1, -0.05) is 48.8 Å². The predicted molar refractivity (Wildman–Crippen MR) is 118 cm³/mol. The third-order valence-corrected chi connectivity index (χ3v) is 7.53. The van der Waals surface area contributed by atoms with E-state index in [1.807, 2.05) is 37.3 Å². The topological polar surface area (TPSA) is 92.5 Å². The maximum Gasteiger partial charge on any atom is 0.277 e. The third kappa shape index (κ3) is 4.55. The van der Waals surface area contributed by atoms with Gasteiger partial charge in [0.15, 0.2) is 11.5 Å². The maximum atomic E-state index is 13.1. The summed E-state index contributed by atoms with van der Waals surface area (Å²) < 4.78 is 33.0. The Labute approximate surface area is 182 Å². The van der Waals surface area contributed by atoms with Crippen molar-refractivity contribution < 1.29 is 17.7 Å². The highest BCUT2D eigenvalue weighted by atomic mass is 32.2. The first-order chi connectivity index (χ1) is 15.0. The molecular formula is C23H25N3O4S. The minimum absolute atomic E-state index is 0.0455. The number of sulfonamides is 1. The quantitative estimate of drug-likeness (QED) is 0.608. The minimum atomic E-state index is -3.55. The van der Waals surface area contributed by atoms with Crippen LogP contribution in [0.2, 0.25) is 0 Å². The molecule has 1 unspecified atom stereocenters. The van der Waals surface area contributed by atoms with Gasteiger partial charge >= 0.3 is 0 Å². The van der Waals surface area contributed by atoms with E-state index in [0.717, 1.165) is 31.2 Å². The maximum absolute atomic E-state index is 13.1. The average molecular weight is 440 g/mol. The van der Waals surface area contributed by atoms with Crippen LogP contribution in [0.5, 0.6) is 0 Å². The number of carbonyl (C=O) groups is 1. The molecule has 2 aromatic carbocycles. The average Bonchev–Trinajstić information content (AvgIpc) is 3.30. The molecule has 0 spiro atoms. The SMILES string of the molecule is CCC1CCCCN1S(=O)(=O)c1ccc(NC(=O)c2cc(-c3ccccc3)on2)cc1. The van der Waals surface area contributed by atoms with Crippen molar-refractivity contribution in [3.8, 4) is 11.3 Å². The Balaban J connectivity index is 1.46. The fraction of sp³-hybridized carbons (Fsp3) is 0.304. The lowest BCUT2D eigenvalue weighted by Gasteiger charge is -2.34. The number of hydrogen-bond acceptors (Lipinski definition) is 5. The van der Waals surface area contributed by atoms with Crippen molar-refractivity contribution >= 4 is 21.6 Å². The summed E-state index contributed by atoms with van der Waals surface area (Å²) in [6.07, 6.45) is 3.64. The Morgan fingerprint density at radius 2 is 1.87 bits per heavy atom. The van der Waals surface area contributed by atoms with E-state index in [2.05, 4.69) is 10.5 Å². The smallest absolute Gasteiger partial charge is 0.277 e. The van der Waals surface area contributed by atoms with E-state index in [1.54, 1.807) is 22.5 Å². The number of aromatic nitrogens is 1. The zero-order valence-electron chi connectivity index (χ0n) is 17.3. The molecule has 1 fully saturated rings. The first-order valence-electron chi connectivity index (χ1n) is 10.4. The second-order valence-electron chi connectivity index (χ2n) is 7.59. The lowest BCUT2D eigenvalue weighted by molar-refractivity contribution is 0.101. The molecular weight excluding hydrogens is 414 g/mol. The summed E-state index contributed by atoms with van der Waals surface area (Å²) in [5.41, 5.74) is 1.46. The zero-order chi connectivity index (χ0) is 21.8. The Kier molecular flexibility index (Phi) is 6.20. The summed E-state index contributed by atoms with van der Waals surface area (Å²) in [5, 5.41) is 6.57. The molecule has 1 N–H and O–H groups in total. The molecule has 1 amide bonds. The summed E-state index contributed by atoms with van der Waals surface area (Å²) in [7, 11) is -3.55. The summed E-state index contributed by atoms with van der Waals surface area (Å²) in [6.45, 7) is 2.57. The van der Waals surface area contributed by atoms with Crippen molar-refractivity contribution in [2.24, 2.45) is 0 Å². The monoisotopic (exact) mass is 439 g/mol. The minimum Gasteiger partial charge on any atom is -0.355 e. The van der Waals surface area contributed by atoms with Gasteiger partial charge in [0.05, 0.1) is 4.90 Å². The number of carbonyl (C=O) groups excluding carboxylic acids is 1. The van der Waals surface area contributed by atoms with Crippen molar-refractivity contribution in [3.05, 3.63) is 66.4 Å². The number of piperidine rings is 1. The molecule has 8 heteroatoms. The molecule has 1 aliphatic heterocycles. The van der Waals surface area contributed by atoms with Gasteiger partial charge in [0.25, 0.3) is 5.91 Å². The van der Waals surface area contributed by atoms with Crippen LogP contribution in [0, 0.1) is 0 Å². The van der Waals surface area contributed by atoms with Crippen LogP contribution in [-0.2, 0) is 10.0 Å². The van der Waals surface area contributed by atoms with Crippen LogP contribution in [0.4, 0.5) is 5.69 Å². The number of hydrogen-bond donors (Lipinski definition) is 1. The second kappa shape index (κ2) is 9.03. The van der Waals surface area contributed by atoms with Gasteiger partial charge in [0.1, 0.15) is 0 Å². The molecule has 7 nitrogen and oxygen atoms in total. The lowest BCUT2D eigenvalue weighted by Crippen LogP contribution is -2.43. The summed E-state index contributed by atoms with van der Waals surface area (Å²) >= 11 is 0. The first kappa shape index (κ1) is 21.3. The van der Waals surface area contributed by atoms with Crippen LogP contribution in [0.25, 0.3) is 11.3 Å². The van der Waals surface area contributed by atoms with E-state index < -0.39 is 15.9 Å². The Hall–Kier alpha value is -2.97. The lowest BCUT2D eigenvalue weighted by atomic mass is 10.0. The van der Waals surface area contributed by atoms with E-state index in [0.29, 0.717) is 18.0 Å². The van der Waals surface area contributed by atoms with Gasteiger partial charge in [-0.3, -0.25) is 4.79 Å². The predicted octanol–water partition coefficient (Wildman–Crippen LogP) is 4.55. The molecule has 0 radical (unpaired) electrons. The summed E-state index contributed by atoms with van der Waals surface area (Å²) in [6, 6.07) is 17.2. The highest BCUT2D eigenvalue weighted by Gasteiger charge is 2.32. The molecule has 31 heavy (non-hydrogen) atoms. The number of benzene rings is 2. The molecule has 0 bridgehead atoms. The standard InChI is InChI=1S/C23H25N3O4S/c1-2-19-10-6-7-15-26(19)31(28,29)20-13-11-18(12-14-20)24-23(27)21-16-22(30-25-21)17-8-4-3-5-9-17/h3-5,8-9,11-14,16,19H,2,6-7,10,15H2,1H3,(H,24,27). The van der Waals surface area contributed by atoms with Gasteiger partial charge in [-0.25, -0.2) is 8.42 Å². The van der Waals surface area contributed by atoms with Crippen molar-refractivity contribution in [2.45, 2.75) is 43.5 Å². The fourth-order valence-corrected chi connectivity index (χ4v) is 5.63. The Bertz CT molecular complexity index is 1140. The van der Waals surface area contributed by atoms with E-state index >= 15 is 0 Å². The van der Waals surface area contributed by atoms with Crippen LogP contribution in [-0.4, -0.2) is 36.4 Å². The molecule has 1 aromatic heterocycles. The van der Waals surface area contributed by atoms with Gasteiger partial charge in [0.2, 0.25) is 10.0 Å². The van der Waals surface area contributed by atoms with Crippen molar-refractivity contribution in [2.75, 3.05) is 11.9 Å². The van der Waals surface area contributed by atoms with Gasteiger partial charge in [-0.05, 0) is 43.5 Å². The molecule has 162 valence electrons. The van der Waals surface area contributed by atoms with Crippen LogP contribution in [0.1, 0.15) is 43.1 Å². The van der Waals surface area contributed by atoms with Gasteiger partial charge in [0, 0.05) is 29.9 Å². The normalized spacial score (nSPS) is 17.4. The van der Waals surface area contributed by atoms with Crippen molar-refractivity contribution in [1.29, 1.82) is 0 Å². The van der Waals surface area contributed by atoms with Crippen LogP contribution >= 0.6 is 0 Å². The number of amides is 1. The molecule has 1 atom stereocenters. The van der Waals surface area contributed by atoms with E-state index in [1.165, 1.54) is 12.1 Å². The largest absolute Gasteiger partial charge is 0.355 e. The highest BCUT2D eigenvalue weighted by Crippen LogP contribution is 2.28. The van der Waals surface area contributed by atoms with Gasteiger partial charge in [-0.15, -0.1) is 0 Å². The van der Waals surface area contributed by atoms with Gasteiger partial charge < -0.3 is 9.84 Å². The van der Waals surface area contributed by atoms with E-state index in [4.69, 9.17) is 4.52 Å². The summed E-state index contributed by atoms with van der Waals surface area (Å²) in [4.78, 5) is 12.7. The van der Waals surface area contributed by atoms with Crippen LogP contribution < -0.4 is 5.32 Å². The molecule has 0 aliphatic carbocycles. The second-order valence-corrected chi connectivity index (χ2v) is 9.49. The number of rotatable bonds is 6. The zero-order valence-corrected chi connectivity index (χ0v) is 18.1. The number of nitrogens with zero attached hydrogens (tertiary/aromatic N) is 2. The van der Waals surface area contributed by atoms with Crippen molar-refractivity contribution in [1.82, 2.24) is 9.46 Å². The fourth-order valence-electron chi connectivity index (χ4n) is 3.86.